The van der Waals surface area contributed by atoms with Crippen molar-refractivity contribution < 1.29 is 22.3 Å². The lowest BCUT2D eigenvalue weighted by Crippen LogP contribution is -2.40. The van der Waals surface area contributed by atoms with Crippen LogP contribution in [0, 0.1) is 5.82 Å². The Hall–Kier alpha value is -2.16. The van der Waals surface area contributed by atoms with Crippen LogP contribution in [0.2, 0.25) is 5.02 Å². The van der Waals surface area contributed by atoms with Gasteiger partial charge in [-0.05, 0) is 57.2 Å². The van der Waals surface area contributed by atoms with Crippen molar-refractivity contribution in [2.24, 2.45) is 0 Å². The van der Waals surface area contributed by atoms with E-state index in [9.17, 15) is 17.6 Å². The third kappa shape index (κ3) is 5.41. The second kappa shape index (κ2) is 7.84. The van der Waals surface area contributed by atoms with E-state index >= 15 is 0 Å². The molecule has 0 atom stereocenters. The van der Waals surface area contributed by atoms with Crippen LogP contribution in [0.25, 0.3) is 0 Å². The number of hydrogen-bond acceptors (Lipinski definition) is 4. The van der Waals surface area contributed by atoms with E-state index in [1.165, 1.54) is 37.4 Å². The van der Waals surface area contributed by atoms with E-state index in [1.807, 2.05) is 0 Å². The standard InChI is InChI=1S/C18H20ClFN2O4S/c1-18(2,3)22-27(24,25)16-9-11(5-8-15(16)26-4)17(23)21-14-10-12(19)6-7-13(14)20/h5-10,22H,1-4H3,(H,21,23). The summed E-state index contributed by atoms with van der Waals surface area (Å²) in [6.07, 6.45) is 0. The maximum absolute atomic E-state index is 13.8. The maximum atomic E-state index is 13.8. The van der Waals surface area contributed by atoms with Gasteiger partial charge in [0.1, 0.15) is 16.5 Å². The number of nitrogens with one attached hydrogen (secondary N) is 2. The van der Waals surface area contributed by atoms with E-state index in [-0.39, 0.29) is 26.9 Å². The van der Waals surface area contributed by atoms with Gasteiger partial charge in [-0.15, -0.1) is 0 Å². The van der Waals surface area contributed by atoms with Crippen molar-refractivity contribution in [1.82, 2.24) is 4.72 Å². The van der Waals surface area contributed by atoms with Gasteiger partial charge in [0.15, 0.2) is 0 Å². The van der Waals surface area contributed by atoms with E-state index < -0.39 is 27.3 Å². The molecule has 0 aliphatic rings. The summed E-state index contributed by atoms with van der Waals surface area (Å²) in [5.74, 6) is -1.27. The molecule has 0 spiro atoms. The molecule has 2 rings (SSSR count). The number of benzene rings is 2. The molecule has 9 heteroatoms. The molecule has 2 aromatic carbocycles. The highest BCUT2D eigenvalue weighted by molar-refractivity contribution is 7.89. The van der Waals surface area contributed by atoms with Crippen LogP contribution in [0.3, 0.4) is 0 Å². The van der Waals surface area contributed by atoms with E-state index in [1.54, 1.807) is 20.8 Å². The van der Waals surface area contributed by atoms with Gasteiger partial charge in [-0.1, -0.05) is 11.6 Å². The largest absolute Gasteiger partial charge is 0.495 e. The second-order valence-corrected chi connectivity index (χ2v) is 8.89. The van der Waals surface area contributed by atoms with E-state index in [0.717, 1.165) is 6.07 Å². The minimum absolute atomic E-state index is 0.0180. The Bertz CT molecular complexity index is 972. The fraction of sp³-hybridized carbons (Fsp3) is 0.278. The smallest absolute Gasteiger partial charge is 0.255 e. The van der Waals surface area contributed by atoms with Crippen LogP contribution in [0.5, 0.6) is 5.75 Å². The molecule has 0 aliphatic carbocycles. The molecule has 146 valence electrons. The van der Waals surface area contributed by atoms with Gasteiger partial charge < -0.3 is 10.1 Å². The Morgan fingerprint density at radius 2 is 1.81 bits per heavy atom. The summed E-state index contributed by atoms with van der Waals surface area (Å²) >= 11 is 5.81. The molecule has 0 heterocycles. The van der Waals surface area contributed by atoms with E-state index in [0.29, 0.717) is 0 Å². The van der Waals surface area contributed by atoms with Crippen LogP contribution >= 0.6 is 11.6 Å². The van der Waals surface area contributed by atoms with Gasteiger partial charge in [0, 0.05) is 16.1 Å². The number of sulfonamides is 1. The first kappa shape index (κ1) is 21.1. The normalized spacial score (nSPS) is 11.9. The average Bonchev–Trinajstić information content (AvgIpc) is 2.55. The van der Waals surface area contributed by atoms with Gasteiger partial charge in [-0.25, -0.2) is 17.5 Å². The van der Waals surface area contributed by atoms with Gasteiger partial charge in [0.05, 0.1) is 12.8 Å². The van der Waals surface area contributed by atoms with Gasteiger partial charge in [-0.2, -0.15) is 0 Å². The Morgan fingerprint density at radius 1 is 1.15 bits per heavy atom. The predicted molar refractivity (Wildman–Crippen MR) is 102 cm³/mol. The van der Waals surface area contributed by atoms with Crippen molar-refractivity contribution in [2.45, 2.75) is 31.2 Å². The molecule has 27 heavy (non-hydrogen) atoms. The molecule has 0 aliphatic heterocycles. The number of rotatable bonds is 5. The molecule has 0 fully saturated rings. The second-order valence-electron chi connectivity index (χ2n) is 6.80. The van der Waals surface area contributed by atoms with Crippen LogP contribution < -0.4 is 14.8 Å². The van der Waals surface area contributed by atoms with Crippen molar-refractivity contribution >= 4 is 33.2 Å². The predicted octanol–water partition coefficient (Wildman–Crippen LogP) is 3.82. The zero-order chi connectivity index (χ0) is 20.4. The summed E-state index contributed by atoms with van der Waals surface area (Å²) in [5.41, 5.74) is -0.823. The van der Waals surface area contributed by atoms with E-state index in [2.05, 4.69) is 10.0 Å². The molecular weight excluding hydrogens is 395 g/mol. The molecule has 2 N–H and O–H groups in total. The van der Waals surface area contributed by atoms with Crippen LogP contribution in [-0.4, -0.2) is 27.0 Å². The fourth-order valence-electron chi connectivity index (χ4n) is 2.27. The third-order valence-electron chi connectivity index (χ3n) is 3.33. The minimum Gasteiger partial charge on any atom is -0.495 e. The average molecular weight is 415 g/mol. The number of amides is 1. The van der Waals surface area contributed by atoms with Gasteiger partial charge in [-0.3, -0.25) is 4.79 Å². The van der Waals surface area contributed by atoms with Gasteiger partial charge in [0.25, 0.3) is 5.91 Å². The van der Waals surface area contributed by atoms with Crippen molar-refractivity contribution in [2.75, 3.05) is 12.4 Å². The van der Waals surface area contributed by atoms with Crippen LogP contribution in [0.1, 0.15) is 31.1 Å². The molecule has 0 bridgehead atoms. The number of hydrogen-bond donors (Lipinski definition) is 2. The van der Waals surface area contributed by atoms with Crippen LogP contribution in [-0.2, 0) is 10.0 Å². The van der Waals surface area contributed by atoms with Crippen LogP contribution in [0.4, 0.5) is 10.1 Å². The third-order valence-corrected chi connectivity index (χ3v) is 5.35. The molecule has 0 saturated carbocycles. The van der Waals surface area contributed by atoms with Crippen molar-refractivity contribution in [1.29, 1.82) is 0 Å². The highest BCUT2D eigenvalue weighted by Gasteiger charge is 2.26. The molecular formula is C18H20ClFN2O4S. The summed E-state index contributed by atoms with van der Waals surface area (Å²) in [5, 5.41) is 2.63. The Balaban J connectivity index is 2.41. The molecule has 0 aromatic heterocycles. The fourth-order valence-corrected chi connectivity index (χ4v) is 4.06. The number of carbonyl (C=O) groups is 1. The Labute approximate surface area is 162 Å². The lowest BCUT2D eigenvalue weighted by Gasteiger charge is -2.21. The topological polar surface area (TPSA) is 84.5 Å². The van der Waals surface area contributed by atoms with Gasteiger partial charge >= 0.3 is 0 Å². The van der Waals surface area contributed by atoms with Crippen molar-refractivity contribution in [3.63, 3.8) is 0 Å². The summed E-state index contributed by atoms with van der Waals surface area (Å²) in [7, 11) is -2.63. The van der Waals surface area contributed by atoms with E-state index in [4.69, 9.17) is 16.3 Å². The number of methoxy groups -OCH3 is 1. The molecule has 1 amide bonds. The summed E-state index contributed by atoms with van der Waals surface area (Å²) in [6, 6.07) is 7.65. The number of ether oxygens (including phenoxy) is 1. The van der Waals surface area contributed by atoms with Crippen LogP contribution in [0.15, 0.2) is 41.3 Å². The number of carbonyl (C=O) groups excluding carboxylic acids is 1. The summed E-state index contributed by atoms with van der Waals surface area (Å²) in [6.45, 7) is 5.07. The monoisotopic (exact) mass is 414 g/mol. The minimum atomic E-state index is -3.95. The first-order valence-corrected chi connectivity index (χ1v) is 9.77. The molecule has 6 nitrogen and oxygen atoms in total. The highest BCUT2D eigenvalue weighted by atomic mass is 35.5. The lowest BCUT2D eigenvalue weighted by molar-refractivity contribution is 0.102. The van der Waals surface area contributed by atoms with Gasteiger partial charge in [0.2, 0.25) is 10.0 Å². The SMILES string of the molecule is COc1ccc(C(=O)Nc2cc(Cl)ccc2F)cc1S(=O)(=O)NC(C)(C)C. The zero-order valence-electron chi connectivity index (χ0n) is 15.3. The van der Waals surface area contributed by atoms with Crippen molar-refractivity contribution in [3.05, 3.63) is 52.8 Å². The summed E-state index contributed by atoms with van der Waals surface area (Å²) in [4.78, 5) is 12.3. The molecule has 0 radical (unpaired) electrons. The first-order valence-electron chi connectivity index (χ1n) is 7.91. The summed E-state index contributed by atoms with van der Waals surface area (Å²) < 4.78 is 46.7. The Kier molecular flexibility index (Phi) is 6.14. The zero-order valence-corrected chi connectivity index (χ0v) is 16.8. The molecule has 2 aromatic rings. The number of halogens is 2. The molecule has 0 unspecified atom stereocenters. The Morgan fingerprint density at radius 3 is 2.41 bits per heavy atom. The first-order chi connectivity index (χ1) is 12.4. The lowest BCUT2D eigenvalue weighted by atomic mass is 10.1. The number of anilines is 1. The highest BCUT2D eigenvalue weighted by Crippen LogP contribution is 2.27. The van der Waals surface area contributed by atoms with Crippen molar-refractivity contribution in [3.8, 4) is 5.75 Å². The quantitative estimate of drug-likeness (QED) is 0.779. The molecule has 0 saturated heterocycles. The maximum Gasteiger partial charge on any atom is 0.255 e.